The highest BCUT2D eigenvalue weighted by Gasteiger charge is 2.30. The largest absolute Gasteiger partial charge is 0.354 e. The van der Waals surface area contributed by atoms with Crippen LogP contribution in [-0.4, -0.2) is 28.8 Å². The van der Waals surface area contributed by atoms with E-state index < -0.39 is 4.92 Å². The lowest BCUT2D eigenvalue weighted by atomic mass is 9.99. The molecule has 37 heavy (non-hydrogen) atoms. The van der Waals surface area contributed by atoms with Gasteiger partial charge in [-0.05, 0) is 55.3 Å². The van der Waals surface area contributed by atoms with Gasteiger partial charge < -0.3 is 10.6 Å². The molecule has 3 aromatic rings. The minimum atomic E-state index is -0.445. The number of amides is 1. The standard InChI is InChI=1S/C30H34N4O3/c1-3-5-18-33(19-6-4-2)21-22-12-14-24(15-13-22)31-29(23-10-8-7-9-11-23)28-26-20-25(34(36)37)16-17-27(26)32-30(28)35/h7-17,20,31H,3-6,18-19,21H2,1-2H3,(H,32,35). The van der Waals surface area contributed by atoms with Gasteiger partial charge in [-0.25, -0.2) is 0 Å². The molecule has 0 saturated heterocycles. The fraction of sp³-hybridized carbons (Fsp3) is 0.300. The molecule has 1 amide bonds. The molecule has 1 heterocycles. The van der Waals surface area contributed by atoms with Crippen LogP contribution in [0.25, 0.3) is 11.3 Å². The summed E-state index contributed by atoms with van der Waals surface area (Å²) in [4.78, 5) is 26.6. The van der Waals surface area contributed by atoms with Crippen molar-refractivity contribution in [2.75, 3.05) is 23.7 Å². The molecular formula is C30H34N4O3. The SMILES string of the molecule is CCCCN(CCCC)Cc1ccc(NC(=C2C(=O)Nc3ccc([N+](=O)[O-])cc32)c2ccccc2)cc1. The van der Waals surface area contributed by atoms with Crippen LogP contribution in [0.2, 0.25) is 0 Å². The van der Waals surface area contributed by atoms with Crippen LogP contribution in [-0.2, 0) is 11.3 Å². The molecule has 7 heteroatoms. The van der Waals surface area contributed by atoms with E-state index in [-0.39, 0.29) is 11.6 Å². The molecule has 3 aromatic carbocycles. The molecular weight excluding hydrogens is 464 g/mol. The third kappa shape index (κ3) is 6.43. The van der Waals surface area contributed by atoms with E-state index in [2.05, 4.69) is 41.5 Å². The van der Waals surface area contributed by atoms with E-state index in [9.17, 15) is 14.9 Å². The normalized spacial score (nSPS) is 13.9. The van der Waals surface area contributed by atoms with Gasteiger partial charge in [-0.2, -0.15) is 0 Å². The zero-order valence-electron chi connectivity index (χ0n) is 21.5. The van der Waals surface area contributed by atoms with Crippen molar-refractivity contribution in [1.82, 2.24) is 4.90 Å². The first-order chi connectivity index (χ1) is 18.0. The molecule has 1 aliphatic rings. The molecule has 7 nitrogen and oxygen atoms in total. The summed E-state index contributed by atoms with van der Waals surface area (Å²) in [5, 5.41) is 17.7. The van der Waals surface area contributed by atoms with Crippen LogP contribution >= 0.6 is 0 Å². The van der Waals surface area contributed by atoms with Crippen LogP contribution in [0.3, 0.4) is 0 Å². The Morgan fingerprint density at radius 1 is 0.946 bits per heavy atom. The van der Waals surface area contributed by atoms with Crippen molar-refractivity contribution in [2.45, 2.75) is 46.1 Å². The van der Waals surface area contributed by atoms with Crippen molar-refractivity contribution >= 4 is 34.2 Å². The average molecular weight is 499 g/mol. The van der Waals surface area contributed by atoms with Gasteiger partial charge in [0.1, 0.15) is 0 Å². The van der Waals surface area contributed by atoms with Crippen molar-refractivity contribution < 1.29 is 9.72 Å². The first-order valence-electron chi connectivity index (χ1n) is 13.0. The number of unbranched alkanes of at least 4 members (excludes halogenated alkanes) is 2. The van der Waals surface area contributed by atoms with Crippen LogP contribution in [0.1, 0.15) is 56.2 Å². The molecule has 0 unspecified atom stereocenters. The lowest BCUT2D eigenvalue weighted by molar-refractivity contribution is -0.384. The Morgan fingerprint density at radius 3 is 2.24 bits per heavy atom. The number of fused-ring (bicyclic) bond motifs is 1. The molecule has 4 rings (SSSR count). The second-order valence-corrected chi connectivity index (χ2v) is 9.36. The quantitative estimate of drug-likeness (QED) is 0.161. The summed E-state index contributed by atoms with van der Waals surface area (Å²) in [5.41, 5.74) is 4.93. The van der Waals surface area contributed by atoms with E-state index in [4.69, 9.17) is 0 Å². The van der Waals surface area contributed by atoms with E-state index in [1.807, 2.05) is 42.5 Å². The Labute approximate surface area is 218 Å². The van der Waals surface area contributed by atoms with E-state index in [1.165, 1.54) is 43.4 Å². The monoisotopic (exact) mass is 498 g/mol. The number of hydrogen-bond donors (Lipinski definition) is 2. The van der Waals surface area contributed by atoms with Crippen molar-refractivity contribution in [3.05, 3.63) is 99.6 Å². The lowest BCUT2D eigenvalue weighted by Gasteiger charge is -2.22. The smallest absolute Gasteiger partial charge is 0.270 e. The number of nitrogens with zero attached hydrogens (tertiary/aromatic N) is 2. The van der Waals surface area contributed by atoms with Gasteiger partial charge in [-0.1, -0.05) is 69.2 Å². The molecule has 0 bridgehead atoms. The van der Waals surface area contributed by atoms with Crippen LogP contribution in [0.15, 0.2) is 72.8 Å². The van der Waals surface area contributed by atoms with Gasteiger partial charge in [0, 0.05) is 35.6 Å². The molecule has 0 saturated carbocycles. The van der Waals surface area contributed by atoms with Gasteiger partial charge in [0.25, 0.3) is 11.6 Å². The fourth-order valence-corrected chi connectivity index (χ4v) is 4.53. The number of carbonyl (C=O) groups excluding carboxylic acids is 1. The maximum atomic E-state index is 13.1. The Kier molecular flexibility index (Phi) is 8.69. The fourth-order valence-electron chi connectivity index (χ4n) is 4.53. The van der Waals surface area contributed by atoms with Gasteiger partial charge >= 0.3 is 0 Å². The minimum absolute atomic E-state index is 0.0554. The van der Waals surface area contributed by atoms with Crippen LogP contribution in [0.4, 0.5) is 17.1 Å². The highest BCUT2D eigenvalue weighted by atomic mass is 16.6. The number of nitrogens with one attached hydrogen (secondary N) is 2. The minimum Gasteiger partial charge on any atom is -0.354 e. The number of anilines is 2. The summed E-state index contributed by atoms with van der Waals surface area (Å²) in [7, 11) is 0. The van der Waals surface area contributed by atoms with Crippen LogP contribution in [0.5, 0.6) is 0 Å². The zero-order valence-corrected chi connectivity index (χ0v) is 21.5. The predicted octanol–water partition coefficient (Wildman–Crippen LogP) is 6.93. The van der Waals surface area contributed by atoms with Gasteiger partial charge in [-0.15, -0.1) is 0 Å². The zero-order chi connectivity index (χ0) is 26.2. The van der Waals surface area contributed by atoms with Crippen molar-refractivity contribution in [2.24, 2.45) is 0 Å². The molecule has 0 radical (unpaired) electrons. The third-order valence-electron chi connectivity index (χ3n) is 6.56. The first-order valence-corrected chi connectivity index (χ1v) is 13.0. The van der Waals surface area contributed by atoms with E-state index >= 15 is 0 Å². The molecule has 0 atom stereocenters. The van der Waals surface area contributed by atoms with E-state index in [1.54, 1.807) is 6.07 Å². The summed E-state index contributed by atoms with van der Waals surface area (Å²) < 4.78 is 0. The molecule has 192 valence electrons. The second kappa shape index (κ2) is 12.3. The average Bonchev–Trinajstić information content (AvgIpc) is 3.24. The lowest BCUT2D eigenvalue weighted by Crippen LogP contribution is -2.25. The maximum absolute atomic E-state index is 13.1. The Morgan fingerprint density at radius 2 is 1.62 bits per heavy atom. The number of nitro benzene ring substituents is 1. The topological polar surface area (TPSA) is 87.5 Å². The summed E-state index contributed by atoms with van der Waals surface area (Å²) in [6.45, 7) is 7.55. The Bertz CT molecular complexity index is 1260. The summed E-state index contributed by atoms with van der Waals surface area (Å²) in [5.74, 6) is -0.291. The first kappa shape index (κ1) is 26.1. The molecule has 2 N–H and O–H groups in total. The van der Waals surface area contributed by atoms with E-state index in [0.717, 1.165) is 30.9 Å². The highest BCUT2D eigenvalue weighted by Crippen LogP contribution is 2.39. The highest BCUT2D eigenvalue weighted by molar-refractivity contribution is 6.37. The molecule has 1 aliphatic heterocycles. The maximum Gasteiger partial charge on any atom is 0.270 e. The summed E-state index contributed by atoms with van der Waals surface area (Å²) >= 11 is 0. The molecule has 0 aliphatic carbocycles. The summed E-state index contributed by atoms with van der Waals surface area (Å²) in [6.07, 6.45) is 4.75. The number of rotatable bonds is 12. The molecule has 0 aromatic heterocycles. The van der Waals surface area contributed by atoms with Crippen molar-refractivity contribution in [3.8, 4) is 0 Å². The van der Waals surface area contributed by atoms with Gasteiger partial charge in [-0.3, -0.25) is 19.8 Å². The van der Waals surface area contributed by atoms with Gasteiger partial charge in [0.2, 0.25) is 0 Å². The second-order valence-electron chi connectivity index (χ2n) is 9.36. The summed E-state index contributed by atoms with van der Waals surface area (Å²) in [6, 6.07) is 22.3. The number of carbonyl (C=O) groups is 1. The Hall–Kier alpha value is -3.97. The van der Waals surface area contributed by atoms with Crippen molar-refractivity contribution in [1.29, 1.82) is 0 Å². The van der Waals surface area contributed by atoms with Crippen LogP contribution < -0.4 is 10.6 Å². The Balaban J connectivity index is 1.65. The van der Waals surface area contributed by atoms with Crippen molar-refractivity contribution in [3.63, 3.8) is 0 Å². The van der Waals surface area contributed by atoms with Gasteiger partial charge in [0.05, 0.1) is 16.2 Å². The van der Waals surface area contributed by atoms with Gasteiger partial charge in [0.15, 0.2) is 0 Å². The number of nitro groups is 1. The predicted molar refractivity (Wildman–Crippen MR) is 150 cm³/mol. The van der Waals surface area contributed by atoms with E-state index in [0.29, 0.717) is 22.5 Å². The number of hydrogen-bond acceptors (Lipinski definition) is 5. The molecule has 0 fully saturated rings. The molecule has 0 spiro atoms. The third-order valence-corrected chi connectivity index (χ3v) is 6.56. The van der Waals surface area contributed by atoms with Crippen LogP contribution in [0, 0.1) is 10.1 Å². The number of benzene rings is 3. The number of non-ortho nitro benzene ring substituents is 1.